The van der Waals surface area contributed by atoms with Crippen LogP contribution in [-0.4, -0.2) is 44.7 Å². The first-order valence-electron chi connectivity index (χ1n) is 8.17. The minimum Gasteiger partial charge on any atom is -0.303 e. The van der Waals surface area contributed by atoms with Crippen LogP contribution in [0.1, 0.15) is 45.4 Å². The fourth-order valence-electron chi connectivity index (χ4n) is 3.44. The third-order valence-corrected chi connectivity index (χ3v) is 9.87. The van der Waals surface area contributed by atoms with E-state index in [0.29, 0.717) is 18.9 Å². The van der Waals surface area contributed by atoms with Gasteiger partial charge in [0.2, 0.25) is 0 Å². The molecule has 0 spiro atoms. The molecule has 0 amide bonds. The second-order valence-corrected chi connectivity index (χ2v) is 11.9. The Morgan fingerprint density at radius 1 is 0.880 bits per heavy atom. The van der Waals surface area contributed by atoms with Crippen LogP contribution in [0.5, 0.6) is 0 Å². The van der Waals surface area contributed by atoms with Crippen molar-refractivity contribution in [3.05, 3.63) is 0 Å². The molecule has 0 atom stereocenters. The molecule has 4 saturated heterocycles. The van der Waals surface area contributed by atoms with Crippen molar-refractivity contribution in [3.8, 4) is 0 Å². The molecule has 138 valence electrons. The molecule has 8 heteroatoms. The molecule has 0 unspecified atom stereocenters. The van der Waals surface area contributed by atoms with Crippen LogP contribution in [0.2, 0.25) is 0 Å². The number of hydrogen-bond donors (Lipinski definition) is 0. The van der Waals surface area contributed by atoms with Gasteiger partial charge >= 0.3 is 0 Å². The predicted molar refractivity (Wildman–Crippen MR) is 102 cm³/mol. The average molecular weight is 403 g/mol. The minimum atomic E-state index is -1.09. The molecule has 4 aliphatic heterocycles. The van der Waals surface area contributed by atoms with E-state index < -0.39 is 5.41 Å². The van der Waals surface area contributed by atoms with Gasteiger partial charge in [0.05, 0.1) is 13.7 Å². The molecule has 0 saturated carbocycles. The second kappa shape index (κ2) is 8.86. The first-order chi connectivity index (χ1) is 11.9. The number of thioether (sulfide) groups is 3. The number of ketones is 1. The molecule has 4 bridgehead atoms. The van der Waals surface area contributed by atoms with E-state index in [1.807, 2.05) is 0 Å². The topological polar surface area (TPSA) is 85.3 Å². The quantitative estimate of drug-likeness (QED) is 0.573. The van der Waals surface area contributed by atoms with E-state index in [1.54, 1.807) is 0 Å². The maximum Gasteiger partial charge on any atom is 0.137 e. The van der Waals surface area contributed by atoms with Crippen LogP contribution in [0.4, 0.5) is 0 Å². The zero-order chi connectivity index (χ0) is 18.5. The lowest BCUT2D eigenvalue weighted by molar-refractivity contribution is -0.134. The molecule has 4 heterocycles. The van der Waals surface area contributed by atoms with Gasteiger partial charge in [0, 0.05) is 30.1 Å². The van der Waals surface area contributed by atoms with Crippen molar-refractivity contribution in [2.75, 3.05) is 0 Å². The van der Waals surface area contributed by atoms with Gasteiger partial charge in [-0.25, -0.2) is 0 Å². The van der Waals surface area contributed by atoms with Crippen molar-refractivity contribution in [2.24, 2.45) is 10.8 Å². The van der Waals surface area contributed by atoms with Crippen LogP contribution < -0.4 is 0 Å². The summed E-state index contributed by atoms with van der Waals surface area (Å²) in [4.78, 5) is 53.1. The summed E-state index contributed by atoms with van der Waals surface area (Å²) in [5.41, 5.74) is -0.993. The lowest BCUT2D eigenvalue weighted by Gasteiger charge is -2.52. The number of carbonyl (C=O) groups excluding carboxylic acids is 5. The smallest absolute Gasteiger partial charge is 0.137 e. The highest BCUT2D eigenvalue weighted by atomic mass is 32.3. The highest BCUT2D eigenvalue weighted by Gasteiger charge is 2.52. The third-order valence-electron chi connectivity index (χ3n) is 5.05. The monoisotopic (exact) mass is 402 g/mol. The summed E-state index contributed by atoms with van der Waals surface area (Å²) in [5.74, 6) is -0.293. The van der Waals surface area contributed by atoms with Crippen LogP contribution in [0.3, 0.4) is 0 Å². The summed E-state index contributed by atoms with van der Waals surface area (Å²) >= 11 is 6.26. The molecule has 0 radical (unpaired) electrons. The molecule has 4 aliphatic rings. The largest absolute Gasteiger partial charge is 0.303 e. The van der Waals surface area contributed by atoms with E-state index >= 15 is 0 Å². The Morgan fingerprint density at radius 2 is 1.24 bits per heavy atom. The lowest BCUT2D eigenvalue weighted by Crippen LogP contribution is -2.45. The number of hydrogen-bond acceptors (Lipinski definition) is 8. The van der Waals surface area contributed by atoms with E-state index in [4.69, 9.17) is 0 Å². The maximum atomic E-state index is 11.2. The SMILES string of the molecule is CC(=O)C(CC=O)(CC=O)CC=O.O=CC12CC3SC(C1)SC(C2)S3. The molecule has 0 N–H and O–H groups in total. The first kappa shape index (κ1) is 20.7. The van der Waals surface area contributed by atoms with Gasteiger partial charge in [-0.2, -0.15) is 0 Å². The number of rotatable bonds is 8. The van der Waals surface area contributed by atoms with Crippen molar-refractivity contribution >= 4 is 66.2 Å². The fourth-order valence-corrected chi connectivity index (χ4v) is 10.8. The molecular formula is C17H22O5S3. The highest BCUT2D eigenvalue weighted by Crippen LogP contribution is 2.65. The van der Waals surface area contributed by atoms with Gasteiger partial charge in [-0.3, -0.25) is 4.79 Å². The van der Waals surface area contributed by atoms with E-state index in [0.717, 1.165) is 33.0 Å². The number of carbonyl (C=O) groups is 5. The zero-order valence-electron chi connectivity index (χ0n) is 14.1. The molecule has 0 aromatic carbocycles. The minimum absolute atomic E-state index is 0.0696. The Balaban J connectivity index is 0.000000180. The normalized spacial score (nSPS) is 32.3. The van der Waals surface area contributed by atoms with Crippen LogP contribution in [-0.2, 0) is 24.0 Å². The van der Waals surface area contributed by atoms with Crippen molar-refractivity contribution in [1.29, 1.82) is 0 Å². The van der Waals surface area contributed by atoms with Gasteiger partial charge < -0.3 is 19.2 Å². The molecule has 5 nitrogen and oxygen atoms in total. The third kappa shape index (κ3) is 4.77. The van der Waals surface area contributed by atoms with Crippen molar-refractivity contribution in [1.82, 2.24) is 0 Å². The zero-order valence-corrected chi connectivity index (χ0v) is 16.5. The predicted octanol–water partition coefficient (Wildman–Crippen LogP) is 2.89. The Kier molecular flexibility index (Phi) is 7.34. The molecule has 25 heavy (non-hydrogen) atoms. The van der Waals surface area contributed by atoms with Crippen LogP contribution in [0.15, 0.2) is 0 Å². The Bertz CT molecular complexity index is 487. The summed E-state index contributed by atoms with van der Waals surface area (Å²) in [6.07, 6.45) is 6.15. The summed E-state index contributed by atoms with van der Waals surface area (Å²) in [5, 5.41) is 0. The molecule has 0 aromatic heterocycles. The average Bonchev–Trinajstić information content (AvgIpc) is 2.55. The van der Waals surface area contributed by atoms with E-state index in [-0.39, 0.29) is 30.5 Å². The number of aldehydes is 4. The van der Waals surface area contributed by atoms with E-state index in [1.165, 1.54) is 13.2 Å². The molecule has 0 aromatic rings. The Hall–Kier alpha value is -0.600. The van der Waals surface area contributed by atoms with Crippen molar-refractivity contribution in [2.45, 2.75) is 59.2 Å². The number of Topliss-reactive ketones (excluding diaryl/α,β-unsaturated/α-hetero) is 1. The Morgan fingerprint density at radius 3 is 1.48 bits per heavy atom. The summed E-state index contributed by atoms with van der Waals surface area (Å²) in [6, 6.07) is 0. The lowest BCUT2D eigenvalue weighted by atomic mass is 9.76. The van der Waals surface area contributed by atoms with Gasteiger partial charge in [-0.15, -0.1) is 35.3 Å². The van der Waals surface area contributed by atoms with Gasteiger partial charge in [0.1, 0.15) is 30.9 Å². The van der Waals surface area contributed by atoms with Crippen LogP contribution in [0, 0.1) is 10.8 Å². The maximum absolute atomic E-state index is 11.2. The van der Waals surface area contributed by atoms with Gasteiger partial charge in [0.15, 0.2) is 0 Å². The summed E-state index contributed by atoms with van der Waals surface area (Å²) in [6.45, 7) is 1.29. The van der Waals surface area contributed by atoms with Crippen LogP contribution in [0.25, 0.3) is 0 Å². The summed E-state index contributed by atoms with van der Waals surface area (Å²) < 4.78 is 2.19. The van der Waals surface area contributed by atoms with E-state index in [2.05, 4.69) is 35.3 Å². The van der Waals surface area contributed by atoms with Gasteiger partial charge in [-0.1, -0.05) is 0 Å². The summed E-state index contributed by atoms with van der Waals surface area (Å²) in [7, 11) is 0. The van der Waals surface area contributed by atoms with Crippen LogP contribution >= 0.6 is 35.3 Å². The molecule has 4 rings (SSSR count). The standard InChI is InChI=1S/C9H12O4.C8H10OS3/c1-8(13)9(2-5-10,3-6-11)4-7-12;9-4-8-1-5-10-6(2-8)12-7(3-8)11-5/h5-7H,2-4H2,1H3;4-7H,1-3H2. The molecule has 4 fully saturated rings. The van der Waals surface area contributed by atoms with Crippen molar-refractivity contribution < 1.29 is 24.0 Å². The van der Waals surface area contributed by atoms with Crippen molar-refractivity contribution in [3.63, 3.8) is 0 Å². The second-order valence-electron chi connectivity index (χ2n) is 6.74. The first-order valence-corrected chi connectivity index (χ1v) is 11.0. The van der Waals surface area contributed by atoms with Gasteiger partial charge in [0.25, 0.3) is 0 Å². The van der Waals surface area contributed by atoms with Gasteiger partial charge in [-0.05, 0) is 26.2 Å². The highest BCUT2D eigenvalue weighted by molar-refractivity contribution is 8.33. The fraction of sp³-hybridized carbons (Fsp3) is 0.706. The van der Waals surface area contributed by atoms with E-state index in [9.17, 15) is 24.0 Å². The Labute approximate surface area is 160 Å². The molecule has 0 aliphatic carbocycles. The molecular weight excluding hydrogens is 380 g/mol.